The monoisotopic (exact) mass is 252 g/mol. The molecule has 0 bridgehead atoms. The van der Waals surface area contributed by atoms with Crippen LogP contribution in [0, 0.1) is 10.1 Å². The normalized spacial score (nSPS) is 16.3. The van der Waals surface area contributed by atoms with E-state index in [0.717, 1.165) is 25.9 Å². The van der Waals surface area contributed by atoms with Crippen LogP contribution in [0.4, 0.5) is 17.3 Å². The molecule has 0 aromatic carbocycles. The fourth-order valence-electron chi connectivity index (χ4n) is 1.97. The molecule has 0 radical (unpaired) electrons. The molecule has 0 spiro atoms. The molecule has 1 aromatic rings. The van der Waals surface area contributed by atoms with Crippen molar-refractivity contribution in [2.75, 3.05) is 30.9 Å². The Hall–Kier alpha value is -1.96. The molecule has 1 fully saturated rings. The van der Waals surface area contributed by atoms with Crippen molar-refractivity contribution in [1.82, 2.24) is 15.0 Å². The largest absolute Gasteiger partial charge is 0.367 e. The number of anilines is 2. The Morgan fingerprint density at radius 2 is 1.94 bits per heavy atom. The average molecular weight is 252 g/mol. The van der Waals surface area contributed by atoms with E-state index in [1.807, 2.05) is 5.01 Å². The highest BCUT2D eigenvalue weighted by Crippen LogP contribution is 2.29. The van der Waals surface area contributed by atoms with Crippen LogP contribution < -0.4 is 10.7 Å². The summed E-state index contributed by atoms with van der Waals surface area (Å²) in [6.07, 6.45) is 4.69. The molecule has 2 N–H and O–H groups in total. The van der Waals surface area contributed by atoms with Gasteiger partial charge in [-0.05, 0) is 12.8 Å². The molecule has 8 nitrogen and oxygen atoms in total. The second kappa shape index (κ2) is 5.58. The minimum absolute atomic E-state index is 0.120. The maximum Gasteiger partial charge on any atom is 0.354 e. The molecule has 0 saturated carbocycles. The van der Waals surface area contributed by atoms with Gasteiger partial charge in [0.25, 0.3) is 0 Å². The van der Waals surface area contributed by atoms with Gasteiger partial charge in [0.15, 0.2) is 0 Å². The SMILES string of the molecule is CNc1ncnc(NN2CCCCC2)c1[N+](=O)[O-]. The summed E-state index contributed by atoms with van der Waals surface area (Å²) in [7, 11) is 1.60. The number of nitro groups is 1. The number of aromatic nitrogens is 2. The quantitative estimate of drug-likeness (QED) is 0.614. The van der Waals surface area contributed by atoms with Gasteiger partial charge in [-0.15, -0.1) is 0 Å². The summed E-state index contributed by atoms with van der Waals surface area (Å²) in [6.45, 7) is 1.74. The van der Waals surface area contributed by atoms with Crippen molar-refractivity contribution in [1.29, 1.82) is 0 Å². The van der Waals surface area contributed by atoms with Crippen molar-refractivity contribution in [2.24, 2.45) is 0 Å². The van der Waals surface area contributed by atoms with E-state index in [1.54, 1.807) is 7.05 Å². The third kappa shape index (κ3) is 2.65. The number of hydrogen-bond donors (Lipinski definition) is 2. The number of rotatable bonds is 4. The number of hydrazine groups is 1. The van der Waals surface area contributed by atoms with Crippen molar-refractivity contribution < 1.29 is 4.92 Å². The first-order valence-corrected chi connectivity index (χ1v) is 5.91. The highest BCUT2D eigenvalue weighted by Gasteiger charge is 2.24. The lowest BCUT2D eigenvalue weighted by Crippen LogP contribution is -2.35. The van der Waals surface area contributed by atoms with E-state index in [2.05, 4.69) is 20.7 Å². The summed E-state index contributed by atoms with van der Waals surface area (Å²) in [4.78, 5) is 18.4. The maximum absolute atomic E-state index is 11.1. The van der Waals surface area contributed by atoms with E-state index < -0.39 is 4.92 Å². The van der Waals surface area contributed by atoms with Crippen LogP contribution in [-0.4, -0.2) is 40.0 Å². The van der Waals surface area contributed by atoms with Gasteiger partial charge in [-0.3, -0.25) is 15.5 Å². The first kappa shape index (κ1) is 12.5. The van der Waals surface area contributed by atoms with Crippen LogP contribution in [0.3, 0.4) is 0 Å². The number of nitrogens with one attached hydrogen (secondary N) is 2. The Balaban J connectivity index is 2.23. The predicted molar refractivity (Wildman–Crippen MR) is 67.3 cm³/mol. The van der Waals surface area contributed by atoms with Crippen LogP contribution in [0.25, 0.3) is 0 Å². The Morgan fingerprint density at radius 1 is 1.28 bits per heavy atom. The van der Waals surface area contributed by atoms with Gasteiger partial charge in [0.1, 0.15) is 6.33 Å². The average Bonchev–Trinajstić information content (AvgIpc) is 2.39. The maximum atomic E-state index is 11.1. The number of hydrogen-bond acceptors (Lipinski definition) is 7. The molecule has 2 rings (SSSR count). The van der Waals surface area contributed by atoms with Crippen LogP contribution in [-0.2, 0) is 0 Å². The van der Waals surface area contributed by atoms with Crippen LogP contribution >= 0.6 is 0 Å². The summed E-state index contributed by atoms with van der Waals surface area (Å²) >= 11 is 0. The summed E-state index contributed by atoms with van der Waals surface area (Å²) < 4.78 is 0. The second-order valence-electron chi connectivity index (χ2n) is 4.09. The fraction of sp³-hybridized carbons (Fsp3) is 0.600. The van der Waals surface area contributed by atoms with E-state index in [0.29, 0.717) is 0 Å². The molecule has 1 aliphatic rings. The molecular formula is C10H16N6O2. The van der Waals surface area contributed by atoms with Crippen molar-refractivity contribution in [3.05, 3.63) is 16.4 Å². The van der Waals surface area contributed by atoms with E-state index in [-0.39, 0.29) is 17.3 Å². The van der Waals surface area contributed by atoms with Gasteiger partial charge in [-0.1, -0.05) is 6.42 Å². The molecule has 98 valence electrons. The van der Waals surface area contributed by atoms with E-state index in [9.17, 15) is 10.1 Å². The lowest BCUT2D eigenvalue weighted by atomic mass is 10.2. The Bertz CT molecular complexity index is 432. The zero-order valence-corrected chi connectivity index (χ0v) is 10.2. The highest BCUT2D eigenvalue weighted by molar-refractivity contribution is 5.68. The Morgan fingerprint density at radius 3 is 2.56 bits per heavy atom. The van der Waals surface area contributed by atoms with Crippen LogP contribution in [0.15, 0.2) is 6.33 Å². The lowest BCUT2D eigenvalue weighted by Gasteiger charge is -2.27. The molecule has 1 aliphatic heterocycles. The Labute approximate surface area is 105 Å². The molecule has 0 unspecified atom stereocenters. The fourth-order valence-corrected chi connectivity index (χ4v) is 1.97. The smallest absolute Gasteiger partial charge is 0.354 e. The van der Waals surface area contributed by atoms with Crippen LogP contribution in [0.5, 0.6) is 0 Å². The van der Waals surface area contributed by atoms with Gasteiger partial charge in [-0.2, -0.15) is 0 Å². The number of nitrogens with zero attached hydrogens (tertiary/aromatic N) is 4. The van der Waals surface area contributed by atoms with Crippen molar-refractivity contribution in [2.45, 2.75) is 19.3 Å². The summed E-state index contributed by atoms with van der Waals surface area (Å²) in [5.41, 5.74) is 2.89. The van der Waals surface area contributed by atoms with E-state index in [1.165, 1.54) is 12.7 Å². The highest BCUT2D eigenvalue weighted by atomic mass is 16.6. The molecule has 8 heteroatoms. The van der Waals surface area contributed by atoms with Crippen molar-refractivity contribution in [3.8, 4) is 0 Å². The van der Waals surface area contributed by atoms with Gasteiger partial charge in [0, 0.05) is 20.1 Å². The minimum atomic E-state index is -0.474. The summed E-state index contributed by atoms with van der Waals surface area (Å²) in [6, 6.07) is 0. The van der Waals surface area contributed by atoms with Gasteiger partial charge < -0.3 is 5.32 Å². The van der Waals surface area contributed by atoms with Crippen molar-refractivity contribution in [3.63, 3.8) is 0 Å². The topological polar surface area (TPSA) is 96.2 Å². The molecule has 1 aromatic heterocycles. The third-order valence-corrected chi connectivity index (χ3v) is 2.86. The van der Waals surface area contributed by atoms with Gasteiger partial charge in [0.05, 0.1) is 4.92 Å². The van der Waals surface area contributed by atoms with E-state index in [4.69, 9.17) is 0 Å². The zero-order valence-electron chi connectivity index (χ0n) is 10.2. The molecule has 18 heavy (non-hydrogen) atoms. The standard InChI is InChI=1S/C10H16N6O2/c1-11-9-8(16(17)18)10(13-7-12-9)14-15-5-3-2-4-6-15/h7H,2-6H2,1H3,(H2,11,12,13,14). The second-order valence-corrected chi connectivity index (χ2v) is 4.09. The van der Waals surface area contributed by atoms with E-state index >= 15 is 0 Å². The van der Waals surface area contributed by atoms with Gasteiger partial charge in [-0.25, -0.2) is 15.0 Å². The summed E-state index contributed by atoms with van der Waals surface area (Å²) in [5.74, 6) is 0.454. The predicted octanol–water partition coefficient (Wildman–Crippen LogP) is 1.24. The molecule has 1 saturated heterocycles. The number of piperidine rings is 1. The van der Waals surface area contributed by atoms with Gasteiger partial charge >= 0.3 is 5.69 Å². The lowest BCUT2D eigenvalue weighted by molar-refractivity contribution is -0.383. The van der Waals surface area contributed by atoms with Crippen molar-refractivity contribution >= 4 is 17.3 Å². The van der Waals surface area contributed by atoms with Crippen LogP contribution in [0.2, 0.25) is 0 Å². The first-order valence-electron chi connectivity index (χ1n) is 5.91. The zero-order chi connectivity index (χ0) is 13.0. The molecular weight excluding hydrogens is 236 g/mol. The van der Waals surface area contributed by atoms with Crippen LogP contribution in [0.1, 0.15) is 19.3 Å². The van der Waals surface area contributed by atoms with Gasteiger partial charge in [0.2, 0.25) is 11.6 Å². The molecule has 0 amide bonds. The first-order chi connectivity index (χ1) is 8.72. The summed E-state index contributed by atoms with van der Waals surface area (Å²) in [5, 5.41) is 15.7. The Kier molecular flexibility index (Phi) is 3.88. The molecule has 0 aliphatic carbocycles. The minimum Gasteiger partial charge on any atom is -0.367 e. The third-order valence-electron chi connectivity index (χ3n) is 2.86. The molecule has 2 heterocycles. The molecule has 0 atom stereocenters.